The van der Waals surface area contributed by atoms with Gasteiger partial charge in [-0.15, -0.1) is 11.3 Å². The van der Waals surface area contributed by atoms with Crippen LogP contribution in [0.4, 0.5) is 4.79 Å². The summed E-state index contributed by atoms with van der Waals surface area (Å²) in [5, 5.41) is 13.5. The number of hydrogen-bond donors (Lipinski definition) is 2. The number of ether oxygens (including phenoxy) is 1. The first-order valence-electron chi connectivity index (χ1n) is 10.5. The van der Waals surface area contributed by atoms with E-state index in [9.17, 15) is 9.90 Å². The van der Waals surface area contributed by atoms with E-state index in [1.807, 2.05) is 63.2 Å². The normalized spacial score (nSPS) is 22.8. The number of carbonyl (C=O) groups is 1. The second-order valence-electron chi connectivity index (χ2n) is 9.65. The van der Waals surface area contributed by atoms with Crippen molar-refractivity contribution < 1.29 is 14.6 Å². The lowest BCUT2D eigenvalue weighted by Crippen LogP contribution is -2.62. The molecule has 32 heavy (non-hydrogen) atoms. The molecular weight excluding hydrogens is 488 g/mol. The number of aliphatic hydroxyl groups is 1. The molecule has 4 rings (SSSR count). The van der Waals surface area contributed by atoms with E-state index in [0.29, 0.717) is 12.8 Å². The van der Waals surface area contributed by atoms with Gasteiger partial charge in [0.25, 0.3) is 0 Å². The van der Waals surface area contributed by atoms with Crippen LogP contribution in [0.2, 0.25) is 0 Å². The van der Waals surface area contributed by atoms with Crippen LogP contribution in [-0.4, -0.2) is 27.4 Å². The fourth-order valence-corrected chi connectivity index (χ4v) is 5.82. The van der Waals surface area contributed by atoms with Crippen molar-refractivity contribution >= 4 is 33.4 Å². The average molecular weight is 515 g/mol. The molecule has 7 heteroatoms. The van der Waals surface area contributed by atoms with Gasteiger partial charge in [0.2, 0.25) is 0 Å². The number of alkyl carbamates (subject to hydrolysis) is 1. The van der Waals surface area contributed by atoms with Crippen LogP contribution in [0.5, 0.6) is 0 Å². The molecule has 0 bridgehead atoms. The highest BCUT2D eigenvalue weighted by Gasteiger charge is 2.53. The molecule has 0 spiro atoms. The van der Waals surface area contributed by atoms with Gasteiger partial charge >= 0.3 is 6.09 Å². The summed E-state index contributed by atoms with van der Waals surface area (Å²) in [6.45, 7) is 7.29. The maximum Gasteiger partial charge on any atom is 0.408 e. The highest BCUT2D eigenvalue weighted by molar-refractivity contribution is 9.11. The van der Waals surface area contributed by atoms with E-state index in [1.54, 1.807) is 18.3 Å². The largest absolute Gasteiger partial charge is 0.444 e. The van der Waals surface area contributed by atoms with E-state index >= 15 is 0 Å². The number of nitrogens with one attached hydrogen (secondary N) is 1. The zero-order chi connectivity index (χ0) is 23.1. The van der Waals surface area contributed by atoms with Crippen molar-refractivity contribution in [1.82, 2.24) is 10.3 Å². The van der Waals surface area contributed by atoms with Gasteiger partial charge in [0.05, 0.1) is 21.7 Å². The predicted molar refractivity (Wildman–Crippen MR) is 132 cm³/mol. The summed E-state index contributed by atoms with van der Waals surface area (Å²) < 4.78 is 6.30. The monoisotopic (exact) mass is 514 g/mol. The Morgan fingerprint density at radius 3 is 2.28 bits per heavy atom. The minimum Gasteiger partial charge on any atom is -0.444 e. The maximum absolute atomic E-state index is 12.5. The van der Waals surface area contributed by atoms with Crippen LogP contribution in [0.25, 0.3) is 21.7 Å². The number of carbonyl (C=O) groups excluding carboxylic acids is 1. The Hall–Kier alpha value is -2.22. The van der Waals surface area contributed by atoms with Gasteiger partial charge in [-0.25, -0.2) is 9.78 Å². The van der Waals surface area contributed by atoms with Crippen LogP contribution in [0.3, 0.4) is 0 Å². The summed E-state index contributed by atoms with van der Waals surface area (Å²) in [7, 11) is 0. The summed E-state index contributed by atoms with van der Waals surface area (Å²) in [6.07, 6.45) is 0.374. The third kappa shape index (κ3) is 4.90. The molecule has 1 aliphatic rings. The van der Waals surface area contributed by atoms with Crippen LogP contribution in [0.15, 0.2) is 58.5 Å². The summed E-state index contributed by atoms with van der Waals surface area (Å²) in [6, 6.07) is 18.2. The van der Waals surface area contributed by atoms with Gasteiger partial charge in [-0.1, -0.05) is 54.6 Å². The smallest absolute Gasteiger partial charge is 0.408 e. The fourth-order valence-electron chi connectivity index (χ4n) is 4.33. The highest BCUT2D eigenvalue weighted by Crippen LogP contribution is 2.49. The minimum absolute atomic E-state index is 0.427. The van der Waals surface area contributed by atoms with Gasteiger partial charge in [0.15, 0.2) is 3.92 Å². The molecule has 5 nitrogen and oxygen atoms in total. The second kappa shape index (κ2) is 8.28. The van der Waals surface area contributed by atoms with Gasteiger partial charge in [0, 0.05) is 18.4 Å². The second-order valence-corrected chi connectivity index (χ2v) is 11.9. The van der Waals surface area contributed by atoms with Gasteiger partial charge in [-0.3, -0.25) is 0 Å². The van der Waals surface area contributed by atoms with Crippen LogP contribution in [0, 0.1) is 0 Å². The van der Waals surface area contributed by atoms with E-state index < -0.39 is 22.8 Å². The molecule has 1 saturated carbocycles. The molecule has 0 radical (unpaired) electrons. The molecule has 1 aromatic heterocycles. The molecule has 2 N–H and O–H groups in total. The van der Waals surface area contributed by atoms with Gasteiger partial charge < -0.3 is 15.2 Å². The molecule has 1 fully saturated rings. The Labute approximate surface area is 201 Å². The Bertz CT molecular complexity index is 1110. The fraction of sp³-hybridized carbons (Fsp3) is 0.360. The Kier molecular flexibility index (Phi) is 5.94. The summed E-state index contributed by atoms with van der Waals surface area (Å²) >= 11 is 5.13. The number of benzene rings is 2. The molecule has 0 unspecified atom stereocenters. The lowest BCUT2D eigenvalue weighted by atomic mass is 9.62. The predicted octanol–water partition coefficient (Wildman–Crippen LogP) is 6.50. The van der Waals surface area contributed by atoms with Crippen molar-refractivity contribution in [2.75, 3.05) is 0 Å². The van der Waals surface area contributed by atoms with Crippen molar-refractivity contribution in [1.29, 1.82) is 0 Å². The van der Waals surface area contributed by atoms with Crippen molar-refractivity contribution in [3.05, 3.63) is 64.1 Å². The van der Waals surface area contributed by atoms with E-state index in [-0.39, 0.29) is 0 Å². The zero-order valence-corrected chi connectivity index (χ0v) is 21.0. The number of aromatic nitrogens is 1. The highest BCUT2D eigenvalue weighted by atomic mass is 79.9. The molecule has 3 aromatic rings. The van der Waals surface area contributed by atoms with Gasteiger partial charge in [0.1, 0.15) is 5.60 Å². The number of thiazole rings is 1. The maximum atomic E-state index is 12.5. The van der Waals surface area contributed by atoms with Crippen LogP contribution in [-0.2, 0) is 10.3 Å². The van der Waals surface area contributed by atoms with Crippen LogP contribution >= 0.6 is 27.3 Å². The Morgan fingerprint density at radius 2 is 1.72 bits per heavy atom. The van der Waals surface area contributed by atoms with E-state index in [4.69, 9.17) is 9.72 Å². The number of amides is 1. The Balaban J connectivity index is 1.63. The van der Waals surface area contributed by atoms with Crippen LogP contribution < -0.4 is 5.32 Å². The van der Waals surface area contributed by atoms with E-state index in [0.717, 1.165) is 31.2 Å². The third-order valence-corrected chi connectivity index (χ3v) is 7.01. The first kappa shape index (κ1) is 23.0. The SMILES string of the molecule is CC(C)(C)OC(=O)N[C@]1(c2ccc(-c3nc(Br)sc3-c3ccccc3)cc2)C[C@@](C)(O)C1. The molecule has 0 aliphatic heterocycles. The molecule has 1 aliphatic carbocycles. The minimum atomic E-state index is -0.825. The Morgan fingerprint density at radius 1 is 1.09 bits per heavy atom. The van der Waals surface area contributed by atoms with Crippen molar-refractivity contribution in [2.45, 2.75) is 57.3 Å². The molecule has 0 atom stereocenters. The summed E-state index contributed by atoms with van der Waals surface area (Å²) in [4.78, 5) is 18.3. The number of hydrogen-bond acceptors (Lipinski definition) is 5. The van der Waals surface area contributed by atoms with Crippen LogP contribution in [0.1, 0.15) is 46.1 Å². The van der Waals surface area contributed by atoms with Crippen molar-refractivity contribution in [3.8, 4) is 21.7 Å². The standard InChI is InChI=1S/C25H27BrN2O3S/c1-23(2,3)31-22(29)28-25(14-24(4,30)15-25)18-12-10-16(11-13-18)19-20(32-21(26)27-19)17-8-6-5-7-9-17/h5-13,30H,14-15H2,1-4H3,(H,28,29)/t24-,25-. The zero-order valence-electron chi connectivity index (χ0n) is 18.6. The first-order chi connectivity index (χ1) is 15.0. The number of nitrogens with zero attached hydrogens (tertiary/aromatic N) is 1. The van der Waals surface area contributed by atoms with Gasteiger partial charge in [-0.05, 0) is 54.8 Å². The first-order valence-corrected chi connectivity index (χ1v) is 12.1. The molecule has 1 heterocycles. The third-order valence-electron chi connectivity index (χ3n) is 5.45. The lowest BCUT2D eigenvalue weighted by Gasteiger charge is -2.52. The molecule has 168 valence electrons. The molecule has 2 aromatic carbocycles. The number of halogens is 1. The summed E-state index contributed by atoms with van der Waals surface area (Å²) in [5.74, 6) is 0. The van der Waals surface area contributed by atoms with Crippen molar-refractivity contribution in [2.24, 2.45) is 0 Å². The topological polar surface area (TPSA) is 71.5 Å². The molecular formula is C25H27BrN2O3S. The number of rotatable bonds is 4. The summed E-state index contributed by atoms with van der Waals surface area (Å²) in [5.41, 5.74) is 1.89. The molecule has 0 saturated heterocycles. The lowest BCUT2D eigenvalue weighted by molar-refractivity contribution is -0.0891. The van der Waals surface area contributed by atoms with E-state index in [2.05, 4.69) is 33.4 Å². The average Bonchev–Trinajstić information content (AvgIpc) is 3.07. The molecule has 1 amide bonds. The quantitative estimate of drug-likeness (QED) is 0.416. The van der Waals surface area contributed by atoms with Gasteiger partial charge in [-0.2, -0.15) is 0 Å². The van der Waals surface area contributed by atoms with E-state index in [1.165, 1.54) is 0 Å². The van der Waals surface area contributed by atoms with Crippen molar-refractivity contribution in [3.63, 3.8) is 0 Å².